The topological polar surface area (TPSA) is 58.4 Å². The van der Waals surface area contributed by atoms with E-state index in [1.807, 2.05) is 4.40 Å². The molecular weight excluding hydrogens is 252 g/mol. The molecule has 20 heavy (non-hydrogen) atoms. The first kappa shape index (κ1) is 11.6. The Kier molecular flexibility index (Phi) is 2.56. The zero-order valence-corrected chi connectivity index (χ0v) is 11.4. The van der Waals surface area contributed by atoms with Crippen LogP contribution in [0.1, 0.15) is 5.56 Å². The lowest BCUT2D eigenvalue weighted by atomic mass is 10.2. The number of anilines is 1. The molecule has 1 saturated heterocycles. The second kappa shape index (κ2) is 4.42. The van der Waals surface area contributed by atoms with Crippen LogP contribution in [-0.2, 0) is 0 Å². The lowest BCUT2D eigenvalue weighted by Gasteiger charge is -2.28. The van der Waals surface area contributed by atoms with E-state index in [0.717, 1.165) is 48.7 Å². The Labute approximate surface area is 116 Å². The molecule has 1 N–H and O–H groups in total. The van der Waals surface area contributed by atoms with Crippen LogP contribution in [0.2, 0.25) is 0 Å². The highest BCUT2D eigenvalue weighted by atomic mass is 15.3. The number of aromatic nitrogens is 4. The number of piperazine rings is 1. The van der Waals surface area contributed by atoms with Gasteiger partial charge in [-0.1, -0.05) is 6.07 Å². The van der Waals surface area contributed by atoms with E-state index in [4.69, 9.17) is 4.98 Å². The Morgan fingerprint density at radius 1 is 1.20 bits per heavy atom. The fourth-order valence-corrected chi connectivity index (χ4v) is 2.74. The second-order valence-electron chi connectivity index (χ2n) is 5.19. The summed E-state index contributed by atoms with van der Waals surface area (Å²) in [5, 5.41) is 11.7. The molecule has 0 saturated carbocycles. The SMILES string of the molecule is Cc1ccc2nc(N3CCNCC3)c3nncn3c2c1. The Bertz CT molecular complexity index is 772. The van der Waals surface area contributed by atoms with Gasteiger partial charge in [-0.05, 0) is 24.6 Å². The molecular formula is C14H16N6. The molecule has 0 radical (unpaired) electrons. The van der Waals surface area contributed by atoms with Crippen LogP contribution in [0.5, 0.6) is 0 Å². The Morgan fingerprint density at radius 2 is 2.05 bits per heavy atom. The van der Waals surface area contributed by atoms with Crippen LogP contribution in [0.3, 0.4) is 0 Å². The van der Waals surface area contributed by atoms with E-state index in [1.54, 1.807) is 6.33 Å². The Hall–Kier alpha value is -2.21. The zero-order chi connectivity index (χ0) is 13.5. The van der Waals surface area contributed by atoms with Gasteiger partial charge in [0.15, 0.2) is 5.82 Å². The summed E-state index contributed by atoms with van der Waals surface area (Å²) in [6.45, 7) is 5.95. The monoisotopic (exact) mass is 268 g/mol. The first-order chi connectivity index (χ1) is 9.83. The first-order valence-corrected chi connectivity index (χ1v) is 6.89. The van der Waals surface area contributed by atoms with Crippen molar-refractivity contribution in [1.29, 1.82) is 0 Å². The summed E-state index contributed by atoms with van der Waals surface area (Å²) >= 11 is 0. The summed E-state index contributed by atoms with van der Waals surface area (Å²) in [6.07, 6.45) is 1.77. The minimum absolute atomic E-state index is 0.838. The van der Waals surface area contributed by atoms with Crippen LogP contribution in [0.25, 0.3) is 16.7 Å². The maximum atomic E-state index is 4.82. The number of nitrogens with one attached hydrogen (secondary N) is 1. The highest BCUT2D eigenvalue weighted by Gasteiger charge is 2.18. The smallest absolute Gasteiger partial charge is 0.204 e. The lowest BCUT2D eigenvalue weighted by Crippen LogP contribution is -2.44. The zero-order valence-electron chi connectivity index (χ0n) is 11.4. The highest BCUT2D eigenvalue weighted by molar-refractivity contribution is 5.83. The van der Waals surface area contributed by atoms with Gasteiger partial charge in [-0.15, -0.1) is 10.2 Å². The van der Waals surface area contributed by atoms with Crippen LogP contribution < -0.4 is 10.2 Å². The number of aryl methyl sites for hydroxylation is 1. The number of hydrogen-bond acceptors (Lipinski definition) is 5. The van der Waals surface area contributed by atoms with Gasteiger partial charge < -0.3 is 10.2 Å². The van der Waals surface area contributed by atoms with Gasteiger partial charge in [0.2, 0.25) is 5.65 Å². The van der Waals surface area contributed by atoms with Crippen molar-refractivity contribution in [2.75, 3.05) is 31.1 Å². The molecule has 1 fully saturated rings. The average molecular weight is 268 g/mol. The van der Waals surface area contributed by atoms with Gasteiger partial charge in [0.05, 0.1) is 11.0 Å². The predicted molar refractivity (Wildman–Crippen MR) is 78.1 cm³/mol. The van der Waals surface area contributed by atoms with Gasteiger partial charge in [-0.3, -0.25) is 4.40 Å². The van der Waals surface area contributed by atoms with E-state index in [1.165, 1.54) is 5.56 Å². The van der Waals surface area contributed by atoms with E-state index >= 15 is 0 Å². The molecule has 0 atom stereocenters. The molecule has 6 nitrogen and oxygen atoms in total. The summed E-state index contributed by atoms with van der Waals surface area (Å²) in [5.41, 5.74) is 4.09. The largest absolute Gasteiger partial charge is 0.351 e. The molecule has 102 valence electrons. The normalized spacial score (nSPS) is 16.1. The van der Waals surface area contributed by atoms with Gasteiger partial charge in [0, 0.05) is 26.2 Å². The molecule has 0 unspecified atom stereocenters. The third-order valence-electron chi connectivity index (χ3n) is 3.78. The summed E-state index contributed by atoms with van der Waals surface area (Å²) in [4.78, 5) is 7.09. The van der Waals surface area contributed by atoms with Gasteiger partial charge in [0.1, 0.15) is 6.33 Å². The quantitative estimate of drug-likeness (QED) is 0.713. The minimum Gasteiger partial charge on any atom is -0.351 e. The van der Waals surface area contributed by atoms with Crippen molar-refractivity contribution in [3.8, 4) is 0 Å². The Morgan fingerprint density at radius 3 is 2.90 bits per heavy atom. The number of nitrogens with zero attached hydrogens (tertiary/aromatic N) is 5. The summed E-state index contributed by atoms with van der Waals surface area (Å²) < 4.78 is 2.03. The van der Waals surface area contributed by atoms with Crippen LogP contribution in [0, 0.1) is 6.92 Å². The molecule has 0 bridgehead atoms. The summed E-state index contributed by atoms with van der Waals surface area (Å²) in [5.74, 6) is 0.931. The predicted octanol–water partition coefficient (Wildman–Crippen LogP) is 0.996. The van der Waals surface area contributed by atoms with Gasteiger partial charge in [-0.2, -0.15) is 0 Å². The van der Waals surface area contributed by atoms with Crippen LogP contribution in [0.15, 0.2) is 24.5 Å². The standard InChI is InChI=1S/C14H16N6/c1-10-2-3-11-12(8-10)20-9-16-18-14(20)13(17-11)19-6-4-15-5-7-19/h2-3,8-9,15H,4-7H2,1H3. The molecule has 4 rings (SSSR count). The van der Waals surface area contributed by atoms with E-state index in [-0.39, 0.29) is 0 Å². The average Bonchev–Trinajstić information content (AvgIpc) is 2.97. The van der Waals surface area contributed by atoms with Gasteiger partial charge >= 0.3 is 0 Å². The van der Waals surface area contributed by atoms with Crippen molar-refractivity contribution in [2.45, 2.75) is 6.92 Å². The van der Waals surface area contributed by atoms with Crippen LogP contribution in [-0.4, -0.2) is 45.8 Å². The molecule has 1 aliphatic heterocycles. The number of hydrogen-bond donors (Lipinski definition) is 1. The van der Waals surface area contributed by atoms with Crippen molar-refractivity contribution >= 4 is 22.5 Å². The molecule has 3 aromatic rings. The van der Waals surface area contributed by atoms with E-state index < -0.39 is 0 Å². The van der Waals surface area contributed by atoms with E-state index in [0.29, 0.717) is 0 Å². The molecule has 1 aromatic carbocycles. The fraction of sp³-hybridized carbons (Fsp3) is 0.357. The number of benzene rings is 1. The van der Waals surface area contributed by atoms with E-state index in [9.17, 15) is 0 Å². The van der Waals surface area contributed by atoms with E-state index in [2.05, 4.69) is 45.5 Å². The minimum atomic E-state index is 0.838. The molecule has 0 aliphatic carbocycles. The van der Waals surface area contributed by atoms with Gasteiger partial charge in [-0.25, -0.2) is 4.98 Å². The number of rotatable bonds is 1. The number of fused-ring (bicyclic) bond motifs is 3. The van der Waals surface area contributed by atoms with Crippen LogP contribution >= 0.6 is 0 Å². The van der Waals surface area contributed by atoms with Crippen LogP contribution in [0.4, 0.5) is 5.82 Å². The van der Waals surface area contributed by atoms with Crippen molar-refractivity contribution in [1.82, 2.24) is 24.9 Å². The maximum Gasteiger partial charge on any atom is 0.204 e. The molecule has 2 aromatic heterocycles. The molecule has 1 aliphatic rings. The van der Waals surface area contributed by atoms with Crippen molar-refractivity contribution in [2.24, 2.45) is 0 Å². The third kappa shape index (κ3) is 1.72. The fourth-order valence-electron chi connectivity index (χ4n) is 2.74. The Balaban J connectivity index is 1.99. The molecule has 3 heterocycles. The maximum absolute atomic E-state index is 4.82. The highest BCUT2D eigenvalue weighted by Crippen LogP contribution is 2.23. The van der Waals surface area contributed by atoms with Crippen molar-refractivity contribution in [3.63, 3.8) is 0 Å². The molecule has 6 heteroatoms. The van der Waals surface area contributed by atoms with Gasteiger partial charge in [0.25, 0.3) is 0 Å². The summed E-state index contributed by atoms with van der Waals surface area (Å²) in [6, 6.07) is 6.28. The van der Waals surface area contributed by atoms with Crippen molar-refractivity contribution in [3.05, 3.63) is 30.1 Å². The third-order valence-corrected chi connectivity index (χ3v) is 3.78. The lowest BCUT2D eigenvalue weighted by molar-refractivity contribution is 0.586. The van der Waals surface area contributed by atoms with Crippen molar-refractivity contribution < 1.29 is 0 Å². The summed E-state index contributed by atoms with van der Waals surface area (Å²) in [7, 11) is 0. The molecule has 0 amide bonds. The molecule has 0 spiro atoms. The first-order valence-electron chi connectivity index (χ1n) is 6.89. The second-order valence-corrected chi connectivity index (χ2v) is 5.19.